The Balaban J connectivity index is 0.00000261. The Bertz CT molecular complexity index is 738. The molecule has 1 saturated heterocycles. The number of hydrogen-bond donors (Lipinski definition) is 2. The van der Waals surface area contributed by atoms with Gasteiger partial charge in [0.15, 0.2) is 4.34 Å². The van der Waals surface area contributed by atoms with Crippen LogP contribution in [0.2, 0.25) is 0 Å². The summed E-state index contributed by atoms with van der Waals surface area (Å²) in [6.07, 6.45) is 3.37. The van der Waals surface area contributed by atoms with Crippen LogP contribution in [0, 0.1) is 0 Å². The maximum absolute atomic E-state index is 12.7. The first-order valence-corrected chi connectivity index (χ1v) is 10.7. The summed E-state index contributed by atoms with van der Waals surface area (Å²) in [5.41, 5.74) is 6.38. The van der Waals surface area contributed by atoms with Gasteiger partial charge in [0.25, 0.3) is 0 Å². The number of amides is 2. The molecule has 1 aliphatic heterocycles. The summed E-state index contributed by atoms with van der Waals surface area (Å²) in [4.78, 5) is 30.9. The van der Waals surface area contributed by atoms with Gasteiger partial charge in [-0.15, -0.1) is 23.7 Å². The van der Waals surface area contributed by atoms with Gasteiger partial charge in [-0.3, -0.25) is 9.59 Å². The highest BCUT2D eigenvalue weighted by atomic mass is 35.5. The number of likely N-dealkylation sites (tertiary alicyclic amines) is 1. The molecule has 0 radical (unpaired) electrons. The molecule has 27 heavy (non-hydrogen) atoms. The molecule has 2 amide bonds. The topological polar surface area (TPSA) is 88.3 Å². The number of aromatic nitrogens is 1. The zero-order chi connectivity index (χ0) is 18.4. The summed E-state index contributed by atoms with van der Waals surface area (Å²) in [7, 11) is 0. The number of fused-ring (bicyclic) bond motifs is 1. The molecule has 1 aromatic heterocycles. The van der Waals surface area contributed by atoms with Gasteiger partial charge in [-0.1, -0.05) is 23.9 Å². The molecular formula is C18H25ClN4O2S2. The lowest BCUT2D eigenvalue weighted by Crippen LogP contribution is -2.50. The number of carbonyl (C=O) groups is 2. The van der Waals surface area contributed by atoms with E-state index in [1.807, 2.05) is 29.2 Å². The minimum Gasteiger partial charge on any atom is -0.354 e. The van der Waals surface area contributed by atoms with Crippen molar-refractivity contribution in [2.45, 2.75) is 36.1 Å². The number of thiazole rings is 1. The Morgan fingerprint density at radius 1 is 1.33 bits per heavy atom. The second-order valence-corrected chi connectivity index (χ2v) is 8.57. The second-order valence-electron chi connectivity index (χ2n) is 6.32. The summed E-state index contributed by atoms with van der Waals surface area (Å²) < 4.78 is 2.06. The number of nitrogens with two attached hydrogens (primary N) is 1. The van der Waals surface area contributed by atoms with Crippen molar-refractivity contribution in [3.8, 4) is 0 Å². The van der Waals surface area contributed by atoms with E-state index in [4.69, 9.17) is 5.73 Å². The molecule has 0 aliphatic carbocycles. The number of carbonyl (C=O) groups excluding carboxylic acids is 2. The fourth-order valence-corrected chi connectivity index (χ4v) is 5.07. The van der Waals surface area contributed by atoms with Crippen molar-refractivity contribution in [3.63, 3.8) is 0 Å². The number of halogens is 1. The van der Waals surface area contributed by atoms with E-state index >= 15 is 0 Å². The van der Waals surface area contributed by atoms with Crippen molar-refractivity contribution < 1.29 is 9.59 Å². The van der Waals surface area contributed by atoms with E-state index in [9.17, 15) is 9.59 Å². The summed E-state index contributed by atoms with van der Waals surface area (Å²) in [5.74, 6) is 0.453. The van der Waals surface area contributed by atoms with Crippen molar-refractivity contribution in [2.75, 3.05) is 25.4 Å². The van der Waals surface area contributed by atoms with Gasteiger partial charge < -0.3 is 16.0 Å². The van der Waals surface area contributed by atoms with Crippen LogP contribution in [0.1, 0.15) is 25.7 Å². The van der Waals surface area contributed by atoms with E-state index in [1.165, 1.54) is 11.8 Å². The maximum Gasteiger partial charge on any atom is 0.233 e. The van der Waals surface area contributed by atoms with Crippen LogP contribution >= 0.6 is 35.5 Å². The van der Waals surface area contributed by atoms with E-state index in [0.717, 1.165) is 40.4 Å². The Labute approximate surface area is 173 Å². The fraction of sp³-hybridized carbons (Fsp3) is 0.500. The summed E-state index contributed by atoms with van der Waals surface area (Å²) in [5, 5.41) is 2.90. The lowest BCUT2D eigenvalue weighted by atomic mass is 10.0. The molecule has 2 aromatic rings. The van der Waals surface area contributed by atoms with Crippen LogP contribution in [0.25, 0.3) is 10.2 Å². The predicted molar refractivity (Wildman–Crippen MR) is 114 cm³/mol. The maximum atomic E-state index is 12.7. The smallest absolute Gasteiger partial charge is 0.233 e. The quantitative estimate of drug-likeness (QED) is 0.662. The van der Waals surface area contributed by atoms with Crippen molar-refractivity contribution >= 4 is 57.5 Å². The first kappa shape index (κ1) is 21.9. The molecule has 148 valence electrons. The Hall–Kier alpha value is -1.35. The highest BCUT2D eigenvalue weighted by Gasteiger charge is 2.27. The third kappa shape index (κ3) is 6.07. The SMILES string of the molecule is Cl.NCCC(=O)NCC1CCCCN1C(=O)CSc1nc2ccccc2s1. The predicted octanol–water partition coefficient (Wildman–Crippen LogP) is 2.66. The number of nitrogens with one attached hydrogen (secondary N) is 1. The van der Waals surface area contributed by atoms with Gasteiger partial charge >= 0.3 is 0 Å². The van der Waals surface area contributed by atoms with Crippen LogP contribution in [0.4, 0.5) is 0 Å². The van der Waals surface area contributed by atoms with Gasteiger partial charge in [0.1, 0.15) is 0 Å². The first-order valence-electron chi connectivity index (χ1n) is 8.92. The molecule has 3 N–H and O–H groups in total. The fourth-order valence-electron chi connectivity index (χ4n) is 3.11. The van der Waals surface area contributed by atoms with Crippen molar-refractivity contribution in [1.82, 2.24) is 15.2 Å². The molecule has 1 unspecified atom stereocenters. The van der Waals surface area contributed by atoms with Gasteiger partial charge in [0, 0.05) is 32.1 Å². The molecule has 1 aromatic carbocycles. The average molecular weight is 429 g/mol. The van der Waals surface area contributed by atoms with E-state index in [2.05, 4.69) is 10.3 Å². The molecule has 0 saturated carbocycles. The number of nitrogens with zero attached hydrogens (tertiary/aromatic N) is 2. The summed E-state index contributed by atoms with van der Waals surface area (Å²) in [6, 6.07) is 8.08. The van der Waals surface area contributed by atoms with E-state index in [1.54, 1.807) is 11.3 Å². The average Bonchev–Trinajstić information content (AvgIpc) is 3.08. The monoisotopic (exact) mass is 428 g/mol. The van der Waals surface area contributed by atoms with Gasteiger partial charge in [-0.25, -0.2) is 4.98 Å². The number of benzene rings is 1. The number of thioether (sulfide) groups is 1. The molecule has 1 atom stereocenters. The molecule has 0 bridgehead atoms. The second kappa shape index (κ2) is 10.8. The zero-order valence-electron chi connectivity index (χ0n) is 15.1. The van der Waals surface area contributed by atoms with Crippen LogP contribution in [0.15, 0.2) is 28.6 Å². The molecule has 3 rings (SSSR count). The largest absolute Gasteiger partial charge is 0.354 e. The molecule has 1 aliphatic rings. The third-order valence-electron chi connectivity index (χ3n) is 4.45. The Kier molecular flexibility index (Phi) is 8.82. The molecule has 0 spiro atoms. The standard InChI is InChI=1S/C18H24N4O2S2.ClH/c19-9-8-16(23)20-11-13-5-3-4-10-22(13)17(24)12-25-18-21-14-6-1-2-7-15(14)26-18;/h1-2,6-7,13H,3-5,8-12,19H2,(H,20,23);1H. The number of rotatable bonds is 7. The van der Waals surface area contributed by atoms with Crippen LogP contribution in [-0.2, 0) is 9.59 Å². The minimum absolute atomic E-state index is 0. The van der Waals surface area contributed by atoms with Gasteiger partial charge in [-0.2, -0.15) is 0 Å². The van der Waals surface area contributed by atoms with Crippen LogP contribution in [0.3, 0.4) is 0 Å². The Morgan fingerprint density at radius 2 is 2.15 bits per heavy atom. The van der Waals surface area contributed by atoms with Crippen LogP contribution in [-0.4, -0.2) is 53.1 Å². The Morgan fingerprint density at radius 3 is 2.93 bits per heavy atom. The van der Waals surface area contributed by atoms with E-state index in [-0.39, 0.29) is 30.3 Å². The molecule has 6 nitrogen and oxygen atoms in total. The van der Waals surface area contributed by atoms with Crippen LogP contribution in [0.5, 0.6) is 0 Å². The van der Waals surface area contributed by atoms with Crippen molar-refractivity contribution in [2.24, 2.45) is 5.73 Å². The first-order chi connectivity index (χ1) is 12.7. The number of para-hydroxylation sites is 1. The normalized spacial score (nSPS) is 16.8. The molecule has 1 fully saturated rings. The summed E-state index contributed by atoms with van der Waals surface area (Å²) in [6.45, 7) is 1.62. The van der Waals surface area contributed by atoms with Crippen LogP contribution < -0.4 is 11.1 Å². The number of piperidine rings is 1. The lowest BCUT2D eigenvalue weighted by molar-refractivity contribution is -0.132. The van der Waals surface area contributed by atoms with Gasteiger partial charge in [0.2, 0.25) is 11.8 Å². The molecule has 2 heterocycles. The van der Waals surface area contributed by atoms with E-state index < -0.39 is 0 Å². The van der Waals surface area contributed by atoms with E-state index in [0.29, 0.717) is 25.3 Å². The number of hydrogen-bond acceptors (Lipinski definition) is 6. The molecular weight excluding hydrogens is 404 g/mol. The zero-order valence-corrected chi connectivity index (χ0v) is 17.5. The minimum atomic E-state index is -0.0469. The van der Waals surface area contributed by atoms with Gasteiger partial charge in [-0.05, 0) is 31.4 Å². The highest BCUT2D eigenvalue weighted by Crippen LogP contribution is 2.30. The lowest BCUT2D eigenvalue weighted by Gasteiger charge is -2.35. The highest BCUT2D eigenvalue weighted by molar-refractivity contribution is 8.01. The van der Waals surface area contributed by atoms with Crippen molar-refractivity contribution in [3.05, 3.63) is 24.3 Å². The third-order valence-corrected chi connectivity index (χ3v) is 6.61. The molecule has 9 heteroatoms. The van der Waals surface area contributed by atoms with Gasteiger partial charge in [0.05, 0.1) is 16.0 Å². The van der Waals surface area contributed by atoms with Crippen molar-refractivity contribution in [1.29, 1.82) is 0 Å². The summed E-state index contributed by atoms with van der Waals surface area (Å²) >= 11 is 3.11.